The molecule has 0 atom stereocenters. The van der Waals surface area contributed by atoms with Crippen LogP contribution in [0.25, 0.3) is 109 Å². The molecule has 230 valence electrons. The first kappa shape index (κ1) is 27.2. The summed E-state index contributed by atoms with van der Waals surface area (Å²) in [6, 6.07) is 52.0. The average molecular weight is 635 g/mol. The maximum Gasteiger partial charge on any atom is 0.0978 e. The molecule has 0 amide bonds. The molecular formula is C46H26N4. The van der Waals surface area contributed by atoms with E-state index in [0.29, 0.717) is 0 Å². The molecule has 0 radical (unpaired) electrons. The molecule has 4 heteroatoms. The van der Waals surface area contributed by atoms with Crippen molar-refractivity contribution in [3.63, 3.8) is 0 Å². The number of hydrogen-bond acceptors (Lipinski definition) is 4. The van der Waals surface area contributed by atoms with Crippen LogP contribution >= 0.6 is 0 Å². The highest BCUT2D eigenvalue weighted by Gasteiger charge is 2.17. The van der Waals surface area contributed by atoms with Gasteiger partial charge in [-0.05, 0) is 69.1 Å². The van der Waals surface area contributed by atoms with Crippen molar-refractivity contribution >= 4 is 87.0 Å². The lowest BCUT2D eigenvalue weighted by Crippen LogP contribution is -1.92. The third-order valence-electron chi connectivity index (χ3n) is 10.3. The largest absolute Gasteiger partial charge is 0.254 e. The van der Waals surface area contributed by atoms with Gasteiger partial charge in [-0.25, -0.2) is 9.97 Å². The van der Waals surface area contributed by atoms with Gasteiger partial charge in [-0.3, -0.25) is 9.97 Å². The van der Waals surface area contributed by atoms with Gasteiger partial charge in [0.25, 0.3) is 0 Å². The molecule has 0 saturated heterocycles. The van der Waals surface area contributed by atoms with Crippen LogP contribution in [0, 0.1) is 0 Å². The summed E-state index contributed by atoms with van der Waals surface area (Å²) in [7, 11) is 0. The smallest absolute Gasteiger partial charge is 0.0978 e. The lowest BCUT2D eigenvalue weighted by molar-refractivity contribution is 1.40. The van der Waals surface area contributed by atoms with Crippen molar-refractivity contribution in [2.24, 2.45) is 0 Å². The molecule has 0 spiro atoms. The highest BCUT2D eigenvalue weighted by Crippen LogP contribution is 2.41. The number of aromatic nitrogens is 4. The van der Waals surface area contributed by atoms with E-state index in [-0.39, 0.29) is 0 Å². The first-order chi connectivity index (χ1) is 24.8. The van der Waals surface area contributed by atoms with Crippen molar-refractivity contribution in [2.75, 3.05) is 0 Å². The number of fused-ring (bicyclic) bond motifs is 11. The average Bonchev–Trinajstić information content (AvgIpc) is 3.18. The zero-order valence-corrected chi connectivity index (χ0v) is 26.8. The number of benzene rings is 7. The molecule has 0 aliphatic carbocycles. The van der Waals surface area contributed by atoms with Gasteiger partial charge in [0.1, 0.15) is 0 Å². The molecule has 0 saturated carbocycles. The number of rotatable bonds is 2. The maximum atomic E-state index is 5.13. The summed E-state index contributed by atoms with van der Waals surface area (Å²) in [5, 5.41) is 11.5. The molecule has 0 unspecified atom stereocenters. The number of nitrogens with zero attached hydrogens (tertiary/aromatic N) is 4. The SMILES string of the molecule is c1cnc2c(c1)ccc1c(-c3ccc4c(ccc5ccc(-c6c7ccccc7nc7c6ccc6cccnc67)cc54)c3)c3ccccc3nc12. The molecule has 7 aromatic carbocycles. The summed E-state index contributed by atoms with van der Waals surface area (Å²) >= 11 is 0. The number of para-hydroxylation sites is 2. The highest BCUT2D eigenvalue weighted by atomic mass is 14.8. The Morgan fingerprint density at radius 2 is 0.800 bits per heavy atom. The van der Waals surface area contributed by atoms with Gasteiger partial charge in [-0.15, -0.1) is 0 Å². The van der Waals surface area contributed by atoms with Crippen LogP contribution in [-0.4, -0.2) is 19.9 Å². The first-order valence-electron chi connectivity index (χ1n) is 16.9. The van der Waals surface area contributed by atoms with E-state index < -0.39 is 0 Å². The van der Waals surface area contributed by atoms with Gasteiger partial charge in [0.2, 0.25) is 0 Å². The van der Waals surface area contributed by atoms with Gasteiger partial charge in [0.05, 0.1) is 33.1 Å². The van der Waals surface area contributed by atoms with E-state index in [2.05, 4.69) is 133 Å². The van der Waals surface area contributed by atoms with Crippen LogP contribution in [0.1, 0.15) is 0 Å². The Hall–Kier alpha value is -6.78. The second kappa shape index (κ2) is 10.4. The van der Waals surface area contributed by atoms with E-state index in [9.17, 15) is 0 Å². The van der Waals surface area contributed by atoms with Crippen molar-refractivity contribution in [2.45, 2.75) is 0 Å². The quantitative estimate of drug-likeness (QED) is 0.140. The van der Waals surface area contributed by atoms with Crippen LogP contribution in [0.2, 0.25) is 0 Å². The predicted molar refractivity (Wildman–Crippen MR) is 209 cm³/mol. The molecule has 0 N–H and O–H groups in total. The van der Waals surface area contributed by atoms with E-state index in [0.717, 1.165) is 71.0 Å². The third-order valence-corrected chi connectivity index (χ3v) is 10.3. The maximum absolute atomic E-state index is 5.13. The molecule has 4 aromatic heterocycles. The molecule has 0 fully saturated rings. The molecule has 4 heterocycles. The van der Waals surface area contributed by atoms with Gasteiger partial charge in [0.15, 0.2) is 0 Å². The first-order valence-corrected chi connectivity index (χ1v) is 16.9. The predicted octanol–water partition coefficient (Wildman–Crippen LogP) is 11.8. The van der Waals surface area contributed by atoms with Crippen molar-refractivity contribution in [1.29, 1.82) is 0 Å². The molecule has 11 aromatic rings. The van der Waals surface area contributed by atoms with Crippen molar-refractivity contribution in [3.05, 3.63) is 158 Å². The monoisotopic (exact) mass is 634 g/mol. The molecule has 11 rings (SSSR count). The Morgan fingerprint density at radius 3 is 1.44 bits per heavy atom. The van der Waals surface area contributed by atoms with Crippen LogP contribution in [0.3, 0.4) is 0 Å². The second-order valence-corrected chi connectivity index (χ2v) is 13.0. The lowest BCUT2D eigenvalue weighted by atomic mass is 9.90. The summed E-state index contributed by atoms with van der Waals surface area (Å²) in [4.78, 5) is 19.8. The van der Waals surface area contributed by atoms with Crippen LogP contribution < -0.4 is 0 Å². The molecule has 0 aliphatic heterocycles. The van der Waals surface area contributed by atoms with Gasteiger partial charge in [-0.1, -0.05) is 109 Å². The lowest BCUT2D eigenvalue weighted by Gasteiger charge is -2.15. The summed E-state index contributed by atoms with van der Waals surface area (Å²) < 4.78 is 0. The van der Waals surface area contributed by atoms with Gasteiger partial charge in [-0.2, -0.15) is 0 Å². The fourth-order valence-electron chi connectivity index (χ4n) is 7.98. The zero-order valence-electron chi connectivity index (χ0n) is 26.8. The Labute approximate surface area is 286 Å². The minimum atomic E-state index is 0.927. The number of pyridine rings is 4. The fraction of sp³-hybridized carbons (Fsp3) is 0. The Kier molecular flexibility index (Phi) is 5.63. The molecule has 0 bridgehead atoms. The van der Waals surface area contributed by atoms with E-state index in [1.807, 2.05) is 24.5 Å². The van der Waals surface area contributed by atoms with Gasteiger partial charge < -0.3 is 0 Å². The topological polar surface area (TPSA) is 51.6 Å². The van der Waals surface area contributed by atoms with Crippen LogP contribution in [0.5, 0.6) is 0 Å². The second-order valence-electron chi connectivity index (χ2n) is 13.0. The summed E-state index contributed by atoms with van der Waals surface area (Å²) in [6.45, 7) is 0. The zero-order chi connectivity index (χ0) is 32.8. The number of hydrogen-bond donors (Lipinski definition) is 0. The minimum absolute atomic E-state index is 0.927. The molecule has 50 heavy (non-hydrogen) atoms. The highest BCUT2D eigenvalue weighted by molar-refractivity contribution is 6.19. The Bertz CT molecular complexity index is 3220. The van der Waals surface area contributed by atoms with E-state index in [1.54, 1.807) is 0 Å². The Morgan fingerprint density at radius 1 is 0.300 bits per heavy atom. The Balaban J connectivity index is 1.16. The van der Waals surface area contributed by atoms with E-state index in [4.69, 9.17) is 19.9 Å². The molecule has 0 aliphatic rings. The normalized spacial score (nSPS) is 12.0. The fourth-order valence-corrected chi connectivity index (χ4v) is 7.98. The summed E-state index contributed by atoms with van der Waals surface area (Å²) in [5.41, 5.74) is 10.3. The van der Waals surface area contributed by atoms with E-state index >= 15 is 0 Å². The van der Waals surface area contributed by atoms with Crippen LogP contribution in [0.15, 0.2) is 158 Å². The minimum Gasteiger partial charge on any atom is -0.254 e. The summed E-state index contributed by atoms with van der Waals surface area (Å²) in [5.74, 6) is 0. The standard InChI is InChI=1S/C46H26N4/c1-3-11-39-34(9-1)41(36-21-17-28-7-5-23-47-43(28)45(36)49-39)31-19-20-33-30(25-31)15-13-27-14-16-32(26-38(27)33)42-35-10-2-4-12-40(35)50-46-37(42)22-18-29-8-6-24-48-44(29)46/h1-26H. The molecular weight excluding hydrogens is 609 g/mol. The van der Waals surface area contributed by atoms with Crippen LogP contribution in [0.4, 0.5) is 0 Å². The van der Waals surface area contributed by atoms with E-state index in [1.165, 1.54) is 38.2 Å². The van der Waals surface area contributed by atoms with Crippen molar-refractivity contribution < 1.29 is 0 Å². The summed E-state index contributed by atoms with van der Waals surface area (Å²) in [6.07, 6.45) is 3.70. The van der Waals surface area contributed by atoms with Gasteiger partial charge >= 0.3 is 0 Å². The third kappa shape index (κ3) is 3.93. The van der Waals surface area contributed by atoms with Gasteiger partial charge in [0, 0.05) is 55.8 Å². The molecule has 4 nitrogen and oxygen atoms in total. The van der Waals surface area contributed by atoms with Crippen molar-refractivity contribution in [1.82, 2.24) is 19.9 Å². The van der Waals surface area contributed by atoms with Crippen LogP contribution in [-0.2, 0) is 0 Å². The van der Waals surface area contributed by atoms with Crippen molar-refractivity contribution in [3.8, 4) is 22.3 Å².